The Hall–Kier alpha value is -2.79. The van der Waals surface area contributed by atoms with E-state index in [1.807, 2.05) is 40.6 Å². The van der Waals surface area contributed by atoms with Gasteiger partial charge < -0.3 is 4.57 Å². The maximum atomic E-state index is 13.4. The van der Waals surface area contributed by atoms with Crippen LogP contribution in [0.4, 0.5) is 0 Å². The average Bonchev–Trinajstić information content (AvgIpc) is 3.06. The van der Waals surface area contributed by atoms with E-state index >= 15 is 0 Å². The second kappa shape index (κ2) is 8.29. The minimum absolute atomic E-state index is 0.0354. The van der Waals surface area contributed by atoms with E-state index in [9.17, 15) is 4.79 Å². The van der Waals surface area contributed by atoms with Gasteiger partial charge in [0.25, 0.3) is 5.56 Å². The minimum atomic E-state index is 0.0354. The molecule has 0 fully saturated rings. The zero-order valence-corrected chi connectivity index (χ0v) is 17.9. The Bertz CT molecular complexity index is 1210. The van der Waals surface area contributed by atoms with Crippen molar-refractivity contribution in [2.45, 2.75) is 37.7 Å². The molecule has 0 aliphatic rings. The summed E-state index contributed by atoms with van der Waals surface area (Å²) in [5, 5.41) is 0.786. The first kappa shape index (κ1) is 19.5. The lowest BCUT2D eigenvalue weighted by molar-refractivity contribution is 0.582. The van der Waals surface area contributed by atoms with Gasteiger partial charge in [-0.1, -0.05) is 78.8 Å². The Morgan fingerprint density at radius 3 is 2.59 bits per heavy atom. The highest BCUT2D eigenvalue weighted by atomic mass is 32.2. The van der Waals surface area contributed by atoms with Gasteiger partial charge in [-0.3, -0.25) is 9.36 Å². The molecule has 0 unspecified atom stereocenters. The second-order valence-corrected chi connectivity index (χ2v) is 8.29. The molecular formula is C24H25N3OS. The van der Waals surface area contributed by atoms with Gasteiger partial charge in [-0.15, -0.1) is 0 Å². The number of thioether (sulfide) groups is 1. The van der Waals surface area contributed by atoms with Crippen LogP contribution in [0.1, 0.15) is 24.5 Å². The molecule has 148 valence electrons. The van der Waals surface area contributed by atoms with Gasteiger partial charge in [-0.25, -0.2) is 4.98 Å². The molecule has 0 aliphatic carbocycles. The largest absolute Gasteiger partial charge is 0.344 e. The van der Waals surface area contributed by atoms with E-state index in [4.69, 9.17) is 4.98 Å². The summed E-state index contributed by atoms with van der Waals surface area (Å²) >= 11 is 1.63. The summed E-state index contributed by atoms with van der Waals surface area (Å²) in [7, 11) is 1.92. The van der Waals surface area contributed by atoms with Gasteiger partial charge >= 0.3 is 0 Å². The van der Waals surface area contributed by atoms with Crippen molar-refractivity contribution in [3.05, 3.63) is 82.3 Å². The summed E-state index contributed by atoms with van der Waals surface area (Å²) in [5.41, 5.74) is 6.04. The van der Waals surface area contributed by atoms with Gasteiger partial charge in [0.2, 0.25) is 0 Å². The van der Waals surface area contributed by atoms with E-state index in [0.29, 0.717) is 12.1 Å². The molecule has 2 heterocycles. The summed E-state index contributed by atoms with van der Waals surface area (Å²) < 4.78 is 3.74. The van der Waals surface area contributed by atoms with Crippen LogP contribution in [-0.2, 0) is 19.3 Å². The van der Waals surface area contributed by atoms with Crippen LogP contribution in [0, 0.1) is 6.92 Å². The summed E-state index contributed by atoms with van der Waals surface area (Å²) in [6, 6.07) is 18.6. The molecule has 4 nitrogen and oxygen atoms in total. The Labute approximate surface area is 175 Å². The van der Waals surface area contributed by atoms with Crippen LogP contribution in [-0.4, -0.2) is 14.1 Å². The highest BCUT2D eigenvalue weighted by molar-refractivity contribution is 7.98. The third-order valence-electron chi connectivity index (χ3n) is 5.02. The first-order valence-corrected chi connectivity index (χ1v) is 10.9. The number of hydrogen-bond donors (Lipinski definition) is 0. The van der Waals surface area contributed by atoms with Gasteiger partial charge in [0, 0.05) is 31.1 Å². The number of fused-ring (bicyclic) bond motifs is 1. The maximum absolute atomic E-state index is 13.4. The highest BCUT2D eigenvalue weighted by Crippen LogP contribution is 2.30. The van der Waals surface area contributed by atoms with Crippen molar-refractivity contribution >= 4 is 22.8 Å². The number of aromatic nitrogens is 3. The first-order valence-electron chi connectivity index (χ1n) is 9.92. The summed E-state index contributed by atoms with van der Waals surface area (Å²) in [6.45, 7) is 4.86. The summed E-state index contributed by atoms with van der Waals surface area (Å²) in [4.78, 5) is 18.4. The summed E-state index contributed by atoms with van der Waals surface area (Å²) in [6.07, 6.45) is 2.90. The van der Waals surface area contributed by atoms with E-state index in [1.165, 1.54) is 11.1 Å². The SMILES string of the molecule is CCCn1c(SCc2cccc(C)c2)nc2c(-c3ccccc3)cn(C)c2c1=O. The van der Waals surface area contributed by atoms with E-state index in [0.717, 1.165) is 34.0 Å². The molecule has 29 heavy (non-hydrogen) atoms. The Morgan fingerprint density at radius 1 is 1.07 bits per heavy atom. The highest BCUT2D eigenvalue weighted by Gasteiger charge is 2.18. The van der Waals surface area contributed by atoms with Gasteiger partial charge in [0.15, 0.2) is 5.16 Å². The van der Waals surface area contributed by atoms with Crippen LogP contribution in [0.2, 0.25) is 0 Å². The maximum Gasteiger partial charge on any atom is 0.278 e. The Balaban J connectivity index is 1.84. The predicted octanol–water partition coefficient (Wildman–Crippen LogP) is 5.41. The standard InChI is InChI=1S/C24H25N3OS/c1-4-13-27-23(28)22-21(20(15-26(22)3)19-11-6-5-7-12-19)25-24(27)29-16-18-10-8-9-17(2)14-18/h5-12,14-15H,4,13,16H2,1-3H3. The van der Waals surface area contributed by atoms with Crippen LogP contribution < -0.4 is 5.56 Å². The number of hydrogen-bond acceptors (Lipinski definition) is 3. The molecule has 0 amide bonds. The number of rotatable bonds is 6. The second-order valence-electron chi connectivity index (χ2n) is 7.35. The topological polar surface area (TPSA) is 39.8 Å². The van der Waals surface area contributed by atoms with E-state index in [1.54, 1.807) is 11.8 Å². The van der Waals surface area contributed by atoms with Crippen LogP contribution in [0.15, 0.2) is 70.7 Å². The molecule has 0 N–H and O–H groups in total. The lowest BCUT2D eigenvalue weighted by atomic mass is 10.1. The van der Waals surface area contributed by atoms with Crippen LogP contribution in [0.3, 0.4) is 0 Å². The molecule has 0 atom stereocenters. The molecule has 0 saturated heterocycles. The summed E-state index contributed by atoms with van der Waals surface area (Å²) in [5.74, 6) is 0.789. The first-order chi connectivity index (χ1) is 14.1. The van der Waals surface area contributed by atoms with Crippen molar-refractivity contribution in [2.75, 3.05) is 0 Å². The van der Waals surface area contributed by atoms with Crippen molar-refractivity contribution < 1.29 is 0 Å². The molecular weight excluding hydrogens is 378 g/mol. The Morgan fingerprint density at radius 2 is 1.86 bits per heavy atom. The quantitative estimate of drug-likeness (QED) is 0.319. The van der Waals surface area contributed by atoms with Gasteiger partial charge in [0.1, 0.15) is 11.0 Å². The minimum Gasteiger partial charge on any atom is -0.344 e. The lowest BCUT2D eigenvalue weighted by Crippen LogP contribution is -2.24. The van der Waals surface area contributed by atoms with Crippen molar-refractivity contribution in [3.8, 4) is 11.1 Å². The average molecular weight is 404 g/mol. The van der Waals surface area contributed by atoms with Crippen molar-refractivity contribution in [3.63, 3.8) is 0 Å². The van der Waals surface area contributed by atoms with E-state index in [2.05, 4.69) is 50.2 Å². The number of nitrogens with zero attached hydrogens (tertiary/aromatic N) is 3. The fraction of sp³-hybridized carbons (Fsp3) is 0.250. The molecule has 0 radical (unpaired) electrons. The molecule has 4 aromatic rings. The van der Waals surface area contributed by atoms with Crippen LogP contribution >= 0.6 is 11.8 Å². The van der Waals surface area contributed by atoms with Crippen LogP contribution in [0.5, 0.6) is 0 Å². The lowest BCUT2D eigenvalue weighted by Gasteiger charge is -2.12. The molecule has 2 aromatic heterocycles. The third-order valence-corrected chi connectivity index (χ3v) is 6.07. The van der Waals surface area contributed by atoms with Gasteiger partial charge in [-0.05, 0) is 24.5 Å². The van der Waals surface area contributed by atoms with E-state index < -0.39 is 0 Å². The molecule has 4 rings (SSSR count). The molecule has 0 bridgehead atoms. The zero-order valence-electron chi connectivity index (χ0n) is 17.1. The van der Waals surface area contributed by atoms with Crippen molar-refractivity contribution in [2.24, 2.45) is 7.05 Å². The molecule has 0 spiro atoms. The molecule has 0 aliphatic heterocycles. The fourth-order valence-corrected chi connectivity index (χ4v) is 4.62. The molecule has 2 aromatic carbocycles. The van der Waals surface area contributed by atoms with Crippen LogP contribution in [0.25, 0.3) is 22.2 Å². The fourth-order valence-electron chi connectivity index (χ4n) is 3.66. The monoisotopic (exact) mass is 403 g/mol. The van der Waals surface area contributed by atoms with Crippen molar-refractivity contribution in [1.82, 2.24) is 14.1 Å². The molecule has 0 saturated carbocycles. The van der Waals surface area contributed by atoms with E-state index in [-0.39, 0.29) is 5.56 Å². The predicted molar refractivity (Wildman–Crippen MR) is 121 cm³/mol. The number of benzene rings is 2. The smallest absolute Gasteiger partial charge is 0.278 e. The van der Waals surface area contributed by atoms with Crippen molar-refractivity contribution in [1.29, 1.82) is 0 Å². The number of aryl methyl sites for hydroxylation is 2. The third kappa shape index (κ3) is 3.87. The Kier molecular flexibility index (Phi) is 5.58. The normalized spacial score (nSPS) is 11.3. The molecule has 5 heteroatoms. The van der Waals surface area contributed by atoms with Gasteiger partial charge in [0.05, 0.1) is 0 Å². The zero-order chi connectivity index (χ0) is 20.4. The van der Waals surface area contributed by atoms with Gasteiger partial charge in [-0.2, -0.15) is 0 Å².